The molecule has 0 spiro atoms. The zero-order valence-corrected chi connectivity index (χ0v) is 11.4. The lowest BCUT2D eigenvalue weighted by Crippen LogP contribution is -2.43. The van der Waals surface area contributed by atoms with Gasteiger partial charge in [-0.3, -0.25) is 9.79 Å². The van der Waals surface area contributed by atoms with E-state index in [1.54, 1.807) is 11.8 Å². The number of hydrogen-bond acceptors (Lipinski definition) is 3. The molecule has 3 atom stereocenters. The quantitative estimate of drug-likeness (QED) is 0.383. The molecule has 1 aliphatic carbocycles. The van der Waals surface area contributed by atoms with Crippen LogP contribution in [0.3, 0.4) is 0 Å². The zero-order chi connectivity index (χ0) is 13.0. The third-order valence-corrected chi connectivity index (χ3v) is 3.55. The van der Waals surface area contributed by atoms with Crippen LogP contribution >= 0.6 is 12.6 Å². The highest BCUT2D eigenvalue weighted by Gasteiger charge is 2.33. The number of amides is 1. The molecule has 1 amide bonds. The van der Waals surface area contributed by atoms with Gasteiger partial charge in [0.1, 0.15) is 0 Å². The van der Waals surface area contributed by atoms with Gasteiger partial charge in [-0.2, -0.15) is 12.6 Å². The number of nitrogens with zero attached hydrogens (tertiary/aromatic N) is 2. The van der Waals surface area contributed by atoms with Gasteiger partial charge in [-0.25, -0.2) is 0 Å². The van der Waals surface area contributed by atoms with E-state index in [-0.39, 0.29) is 23.2 Å². The fourth-order valence-corrected chi connectivity index (χ4v) is 2.60. The van der Waals surface area contributed by atoms with Crippen LogP contribution in [0, 0.1) is 5.92 Å². The Hall–Kier alpha value is -0.910. The van der Waals surface area contributed by atoms with E-state index in [9.17, 15) is 4.79 Å². The van der Waals surface area contributed by atoms with Gasteiger partial charge >= 0.3 is 0 Å². The Kier molecular flexibility index (Phi) is 5.11. The lowest BCUT2D eigenvalue weighted by atomic mass is 10.0. The maximum Gasteiger partial charge on any atom is 0.235 e. The van der Waals surface area contributed by atoms with Gasteiger partial charge in [0, 0.05) is 19.6 Å². The SMILES string of the molecule is CC(S)C(=O)N(C)C1CCCC1CN=C(N)N. The molecule has 5 nitrogen and oxygen atoms in total. The molecule has 0 aliphatic heterocycles. The van der Waals surface area contributed by atoms with Crippen molar-refractivity contribution in [3.63, 3.8) is 0 Å². The van der Waals surface area contributed by atoms with Crippen molar-refractivity contribution in [3.05, 3.63) is 0 Å². The monoisotopic (exact) mass is 258 g/mol. The molecular weight excluding hydrogens is 236 g/mol. The highest BCUT2D eigenvalue weighted by atomic mass is 32.1. The summed E-state index contributed by atoms with van der Waals surface area (Å²) < 4.78 is 0. The molecule has 6 heteroatoms. The summed E-state index contributed by atoms with van der Waals surface area (Å²) in [5.74, 6) is 0.542. The van der Waals surface area contributed by atoms with Gasteiger partial charge in [0.15, 0.2) is 5.96 Å². The van der Waals surface area contributed by atoms with Gasteiger partial charge in [-0.1, -0.05) is 6.42 Å². The maximum atomic E-state index is 11.9. The van der Waals surface area contributed by atoms with Gasteiger partial charge in [0.2, 0.25) is 5.91 Å². The van der Waals surface area contributed by atoms with Crippen molar-refractivity contribution in [1.82, 2.24) is 4.90 Å². The van der Waals surface area contributed by atoms with Crippen molar-refractivity contribution in [1.29, 1.82) is 0 Å². The predicted molar refractivity (Wildman–Crippen MR) is 73.0 cm³/mol. The van der Waals surface area contributed by atoms with Crippen molar-refractivity contribution in [3.8, 4) is 0 Å². The molecule has 1 fully saturated rings. The normalized spacial score (nSPS) is 25.4. The van der Waals surface area contributed by atoms with Crippen LogP contribution in [0.2, 0.25) is 0 Å². The van der Waals surface area contributed by atoms with Crippen molar-refractivity contribution in [2.45, 2.75) is 37.5 Å². The smallest absolute Gasteiger partial charge is 0.235 e. The topological polar surface area (TPSA) is 84.7 Å². The largest absolute Gasteiger partial charge is 0.370 e. The second-order valence-corrected chi connectivity index (χ2v) is 5.42. The van der Waals surface area contributed by atoms with Crippen LogP contribution in [0.1, 0.15) is 26.2 Å². The Bertz CT molecular complexity index is 302. The lowest BCUT2D eigenvalue weighted by Gasteiger charge is -2.30. The van der Waals surface area contributed by atoms with Gasteiger partial charge in [-0.05, 0) is 25.7 Å². The molecule has 0 bridgehead atoms. The molecule has 1 rings (SSSR count). The number of carbonyl (C=O) groups excluding carboxylic acids is 1. The van der Waals surface area contributed by atoms with Crippen LogP contribution in [0.4, 0.5) is 0 Å². The molecule has 0 radical (unpaired) electrons. The number of carbonyl (C=O) groups is 1. The van der Waals surface area contributed by atoms with E-state index < -0.39 is 0 Å². The Labute approximate surface area is 108 Å². The lowest BCUT2D eigenvalue weighted by molar-refractivity contribution is -0.131. The summed E-state index contributed by atoms with van der Waals surface area (Å²) in [6.07, 6.45) is 3.21. The number of hydrogen-bond donors (Lipinski definition) is 3. The number of thiol groups is 1. The second kappa shape index (κ2) is 6.14. The van der Waals surface area contributed by atoms with E-state index in [0.29, 0.717) is 12.5 Å². The Balaban J connectivity index is 2.62. The zero-order valence-electron chi connectivity index (χ0n) is 10.5. The second-order valence-electron chi connectivity index (χ2n) is 4.65. The highest BCUT2D eigenvalue weighted by Crippen LogP contribution is 2.30. The molecule has 98 valence electrons. The summed E-state index contributed by atoms with van der Waals surface area (Å²) >= 11 is 4.18. The molecule has 3 unspecified atom stereocenters. The summed E-state index contributed by atoms with van der Waals surface area (Å²) in [7, 11) is 1.84. The molecule has 17 heavy (non-hydrogen) atoms. The molecule has 0 aromatic rings. The van der Waals surface area contributed by atoms with E-state index in [0.717, 1.165) is 19.3 Å². The van der Waals surface area contributed by atoms with Crippen LogP contribution < -0.4 is 11.5 Å². The fraction of sp³-hybridized carbons (Fsp3) is 0.818. The first-order valence-electron chi connectivity index (χ1n) is 5.93. The molecule has 0 saturated heterocycles. The minimum atomic E-state index is -0.260. The third kappa shape index (κ3) is 3.80. The molecule has 0 aromatic carbocycles. The first kappa shape index (κ1) is 14.2. The van der Waals surface area contributed by atoms with E-state index in [1.165, 1.54) is 0 Å². The first-order valence-corrected chi connectivity index (χ1v) is 6.45. The summed E-state index contributed by atoms with van der Waals surface area (Å²) in [6.45, 7) is 2.40. The number of rotatable bonds is 4. The average molecular weight is 258 g/mol. The van der Waals surface area contributed by atoms with Crippen LogP contribution in [-0.4, -0.2) is 41.7 Å². The van der Waals surface area contributed by atoms with E-state index >= 15 is 0 Å². The highest BCUT2D eigenvalue weighted by molar-refractivity contribution is 7.81. The molecule has 0 aromatic heterocycles. The van der Waals surface area contributed by atoms with E-state index in [2.05, 4.69) is 17.6 Å². The number of guanidine groups is 1. The molecule has 0 heterocycles. The van der Waals surface area contributed by atoms with Gasteiger partial charge in [0.25, 0.3) is 0 Å². The van der Waals surface area contributed by atoms with E-state index in [1.807, 2.05) is 7.05 Å². The van der Waals surface area contributed by atoms with Gasteiger partial charge < -0.3 is 16.4 Å². The van der Waals surface area contributed by atoms with Crippen molar-refractivity contribution in [2.75, 3.05) is 13.6 Å². The Morgan fingerprint density at radius 2 is 2.18 bits per heavy atom. The molecule has 1 saturated carbocycles. The summed E-state index contributed by atoms with van der Waals surface area (Å²) in [5.41, 5.74) is 10.7. The van der Waals surface area contributed by atoms with E-state index in [4.69, 9.17) is 11.5 Å². The van der Waals surface area contributed by atoms with Crippen LogP contribution in [-0.2, 0) is 4.79 Å². The van der Waals surface area contributed by atoms with Crippen LogP contribution in [0.25, 0.3) is 0 Å². The average Bonchev–Trinajstić information content (AvgIpc) is 2.72. The number of nitrogens with two attached hydrogens (primary N) is 2. The van der Waals surface area contributed by atoms with Crippen molar-refractivity contribution < 1.29 is 4.79 Å². The molecule has 1 aliphatic rings. The standard InChI is InChI=1S/C11H22N4OS/c1-7(17)10(16)15(2)9-5-3-4-8(9)6-14-11(12)13/h7-9,17H,3-6H2,1-2H3,(H4,12,13,14). The van der Waals surface area contributed by atoms with Gasteiger partial charge in [-0.15, -0.1) is 0 Å². The van der Waals surface area contributed by atoms with Crippen molar-refractivity contribution in [2.24, 2.45) is 22.4 Å². The molecule has 4 N–H and O–H groups in total. The predicted octanol–water partition coefficient (Wildman–Crippen LogP) is 0.205. The number of aliphatic imine (C=N–C) groups is 1. The minimum absolute atomic E-state index is 0.0648. The summed E-state index contributed by atoms with van der Waals surface area (Å²) in [5, 5.41) is -0.260. The first-order chi connectivity index (χ1) is 7.93. The van der Waals surface area contributed by atoms with Crippen LogP contribution in [0.5, 0.6) is 0 Å². The Morgan fingerprint density at radius 1 is 1.53 bits per heavy atom. The minimum Gasteiger partial charge on any atom is -0.370 e. The maximum absolute atomic E-state index is 11.9. The third-order valence-electron chi connectivity index (χ3n) is 3.33. The van der Waals surface area contributed by atoms with Crippen molar-refractivity contribution >= 4 is 24.5 Å². The van der Waals surface area contributed by atoms with Gasteiger partial charge in [0.05, 0.1) is 5.25 Å². The molecular formula is C11H22N4OS. The van der Waals surface area contributed by atoms with Crippen LogP contribution in [0.15, 0.2) is 4.99 Å². The Morgan fingerprint density at radius 3 is 2.71 bits per heavy atom. The summed E-state index contributed by atoms with van der Waals surface area (Å²) in [6, 6.07) is 0.236. The fourth-order valence-electron chi connectivity index (χ4n) is 2.42. The summed E-state index contributed by atoms with van der Waals surface area (Å²) in [4.78, 5) is 17.7.